The highest BCUT2D eigenvalue weighted by Crippen LogP contribution is 2.31. The van der Waals surface area contributed by atoms with Crippen LogP contribution >= 0.6 is 0 Å². The Morgan fingerprint density at radius 2 is 1.72 bits per heavy atom. The third-order valence-corrected chi connectivity index (χ3v) is 4.97. The molecule has 2 aliphatic heterocycles. The highest BCUT2D eigenvalue weighted by molar-refractivity contribution is 5.92. The number of carboxylic acid groups (broad SMARTS) is 1. The van der Waals surface area contributed by atoms with Crippen LogP contribution in [-0.4, -0.2) is 86.4 Å². The number of morpholine rings is 1. The molecule has 4 rings (SSSR count). The van der Waals surface area contributed by atoms with Crippen molar-refractivity contribution in [3.63, 3.8) is 0 Å². The molecule has 2 fully saturated rings. The Morgan fingerprint density at radius 3 is 2.31 bits per heavy atom. The number of alkyl halides is 3. The Hall–Kier alpha value is -3.35. The fourth-order valence-corrected chi connectivity index (χ4v) is 3.58. The first-order valence-electron chi connectivity index (χ1n) is 9.70. The standard InChI is InChI=1S/C17H20N6O2.C2HF3O2/c24-16(14-10-18-3-5-20-14)23-8-9-25-17(13-23)2-1-7-22(12-17)15-11-19-4-6-21-15;3-2(4,5)1(6)7/h3-6,10-11H,1-2,7-9,12-13H2;(H,6,7). The van der Waals surface area contributed by atoms with Crippen LogP contribution in [0.3, 0.4) is 0 Å². The van der Waals surface area contributed by atoms with Gasteiger partial charge in [0.2, 0.25) is 0 Å². The van der Waals surface area contributed by atoms with E-state index in [1.807, 2.05) is 4.90 Å². The lowest BCUT2D eigenvalue weighted by Gasteiger charge is -2.48. The largest absolute Gasteiger partial charge is 0.490 e. The minimum atomic E-state index is -5.08. The summed E-state index contributed by atoms with van der Waals surface area (Å²) >= 11 is 0. The van der Waals surface area contributed by atoms with Crippen molar-refractivity contribution < 1.29 is 32.6 Å². The SMILES string of the molecule is O=C(O)C(F)(F)F.O=C(c1cnccn1)N1CCOC2(CCCN(c3cnccn3)C2)C1. The van der Waals surface area contributed by atoms with Gasteiger partial charge in [-0.25, -0.2) is 14.8 Å². The van der Waals surface area contributed by atoms with Crippen molar-refractivity contribution in [2.24, 2.45) is 0 Å². The molecule has 1 N–H and O–H groups in total. The molecule has 32 heavy (non-hydrogen) atoms. The zero-order chi connectivity index (χ0) is 23.2. The first-order valence-corrected chi connectivity index (χ1v) is 9.70. The normalized spacial score (nSPS) is 21.0. The fourth-order valence-electron chi connectivity index (χ4n) is 3.58. The van der Waals surface area contributed by atoms with Gasteiger partial charge in [-0.1, -0.05) is 0 Å². The van der Waals surface area contributed by atoms with Gasteiger partial charge in [0.25, 0.3) is 5.91 Å². The van der Waals surface area contributed by atoms with Crippen LogP contribution < -0.4 is 4.90 Å². The molecular weight excluding hydrogens is 433 g/mol. The maximum atomic E-state index is 12.7. The first kappa shape index (κ1) is 23.3. The molecule has 2 aliphatic rings. The molecule has 2 aromatic heterocycles. The van der Waals surface area contributed by atoms with E-state index < -0.39 is 12.1 Å². The van der Waals surface area contributed by atoms with Crippen LogP contribution in [0.15, 0.2) is 37.2 Å². The molecule has 4 heterocycles. The summed E-state index contributed by atoms with van der Waals surface area (Å²) in [6, 6.07) is 0. The third-order valence-electron chi connectivity index (χ3n) is 4.97. The van der Waals surface area contributed by atoms with Crippen molar-refractivity contribution in [3.05, 3.63) is 42.9 Å². The van der Waals surface area contributed by atoms with E-state index in [9.17, 15) is 18.0 Å². The van der Waals surface area contributed by atoms with Crippen LogP contribution in [0.2, 0.25) is 0 Å². The monoisotopic (exact) mass is 454 g/mol. The van der Waals surface area contributed by atoms with E-state index in [1.165, 1.54) is 6.20 Å². The van der Waals surface area contributed by atoms with Crippen LogP contribution in [0, 0.1) is 0 Å². The zero-order valence-corrected chi connectivity index (χ0v) is 16.9. The van der Waals surface area contributed by atoms with Gasteiger partial charge in [-0.15, -0.1) is 0 Å². The Morgan fingerprint density at radius 1 is 1.03 bits per heavy atom. The molecule has 172 valence electrons. The van der Waals surface area contributed by atoms with Gasteiger partial charge in [0, 0.05) is 37.9 Å². The maximum Gasteiger partial charge on any atom is 0.490 e. The number of nitrogens with zero attached hydrogens (tertiary/aromatic N) is 6. The van der Waals surface area contributed by atoms with Gasteiger partial charge in [0.1, 0.15) is 17.1 Å². The molecule has 13 heteroatoms. The number of carboxylic acids is 1. The van der Waals surface area contributed by atoms with Crippen LogP contribution in [0.1, 0.15) is 23.3 Å². The van der Waals surface area contributed by atoms with Gasteiger partial charge in [-0.05, 0) is 12.8 Å². The third kappa shape index (κ3) is 5.87. The Balaban J connectivity index is 0.000000360. The number of rotatable bonds is 2. The van der Waals surface area contributed by atoms with Gasteiger partial charge in [0.05, 0.1) is 32.1 Å². The van der Waals surface area contributed by atoms with Crippen molar-refractivity contribution in [3.8, 4) is 0 Å². The lowest BCUT2D eigenvalue weighted by molar-refractivity contribution is -0.192. The predicted octanol–water partition coefficient (Wildman–Crippen LogP) is 1.41. The van der Waals surface area contributed by atoms with Crippen molar-refractivity contribution in [1.29, 1.82) is 0 Å². The molecule has 1 spiro atoms. The second-order valence-corrected chi connectivity index (χ2v) is 7.24. The van der Waals surface area contributed by atoms with Gasteiger partial charge >= 0.3 is 12.1 Å². The number of hydrogen-bond acceptors (Lipinski definition) is 8. The highest BCUT2D eigenvalue weighted by Gasteiger charge is 2.42. The lowest BCUT2D eigenvalue weighted by Crippen LogP contribution is -2.61. The zero-order valence-electron chi connectivity index (χ0n) is 16.9. The van der Waals surface area contributed by atoms with E-state index in [0.717, 1.165) is 25.2 Å². The molecule has 1 atom stereocenters. The van der Waals surface area contributed by atoms with E-state index >= 15 is 0 Å². The average molecular weight is 454 g/mol. The Bertz CT molecular complexity index is 914. The van der Waals surface area contributed by atoms with Gasteiger partial charge < -0.3 is 19.6 Å². The number of anilines is 1. The van der Waals surface area contributed by atoms with Crippen LogP contribution in [0.25, 0.3) is 0 Å². The summed E-state index contributed by atoms with van der Waals surface area (Å²) in [6.45, 7) is 3.28. The minimum absolute atomic E-state index is 0.0904. The summed E-state index contributed by atoms with van der Waals surface area (Å²) in [5, 5.41) is 7.12. The van der Waals surface area contributed by atoms with Gasteiger partial charge in [-0.2, -0.15) is 13.2 Å². The second kappa shape index (κ2) is 9.85. The number of piperidine rings is 1. The molecule has 2 saturated heterocycles. The molecule has 1 unspecified atom stereocenters. The van der Waals surface area contributed by atoms with Crippen molar-refractivity contribution >= 4 is 17.7 Å². The van der Waals surface area contributed by atoms with Gasteiger partial charge in [0.15, 0.2) is 0 Å². The van der Waals surface area contributed by atoms with Crippen LogP contribution in [0.5, 0.6) is 0 Å². The number of aliphatic carboxylic acids is 1. The number of halogens is 3. The van der Waals surface area contributed by atoms with E-state index in [4.69, 9.17) is 14.6 Å². The summed E-state index contributed by atoms with van der Waals surface area (Å²) in [7, 11) is 0. The molecule has 10 nitrogen and oxygen atoms in total. The number of hydrogen-bond donors (Lipinski definition) is 1. The molecule has 2 aromatic rings. The predicted molar refractivity (Wildman–Crippen MR) is 104 cm³/mol. The summed E-state index contributed by atoms with van der Waals surface area (Å²) < 4.78 is 37.9. The number of amides is 1. The molecule has 0 radical (unpaired) electrons. The van der Waals surface area contributed by atoms with Crippen molar-refractivity contribution in [2.75, 3.05) is 37.7 Å². The molecule has 1 amide bonds. The van der Waals surface area contributed by atoms with Crippen LogP contribution in [-0.2, 0) is 9.53 Å². The summed E-state index contributed by atoms with van der Waals surface area (Å²) in [5.41, 5.74) is 0.00690. The number of carbonyl (C=O) groups excluding carboxylic acids is 1. The van der Waals surface area contributed by atoms with E-state index in [-0.39, 0.29) is 11.5 Å². The highest BCUT2D eigenvalue weighted by atomic mass is 19.4. The number of ether oxygens (including phenoxy) is 1. The van der Waals surface area contributed by atoms with E-state index in [2.05, 4.69) is 24.8 Å². The topological polar surface area (TPSA) is 122 Å². The van der Waals surface area contributed by atoms with Crippen LogP contribution in [0.4, 0.5) is 19.0 Å². The number of aromatic nitrogens is 4. The van der Waals surface area contributed by atoms with Gasteiger partial charge in [-0.3, -0.25) is 14.8 Å². The quantitative estimate of drug-likeness (QED) is 0.718. The Kier molecular flexibility index (Phi) is 7.18. The summed E-state index contributed by atoms with van der Waals surface area (Å²) in [6.07, 6.45) is 6.58. The number of carbonyl (C=O) groups is 2. The maximum absolute atomic E-state index is 12.7. The molecule has 0 aliphatic carbocycles. The average Bonchev–Trinajstić information content (AvgIpc) is 2.79. The second-order valence-electron chi connectivity index (χ2n) is 7.24. The lowest BCUT2D eigenvalue weighted by atomic mass is 9.90. The van der Waals surface area contributed by atoms with Crippen molar-refractivity contribution in [2.45, 2.75) is 24.6 Å². The fraction of sp³-hybridized carbons (Fsp3) is 0.474. The van der Waals surface area contributed by atoms with E-state index in [0.29, 0.717) is 31.9 Å². The summed E-state index contributed by atoms with van der Waals surface area (Å²) in [5.74, 6) is -2.00. The molecule has 0 bridgehead atoms. The summed E-state index contributed by atoms with van der Waals surface area (Å²) in [4.78, 5) is 42.3. The molecular formula is C19H21F3N6O4. The first-order chi connectivity index (χ1) is 15.2. The molecule has 0 saturated carbocycles. The molecule has 0 aromatic carbocycles. The Labute approximate surface area is 181 Å². The smallest absolute Gasteiger partial charge is 0.475 e. The minimum Gasteiger partial charge on any atom is -0.475 e. The van der Waals surface area contributed by atoms with Crippen molar-refractivity contribution in [1.82, 2.24) is 24.8 Å². The van der Waals surface area contributed by atoms with E-state index in [1.54, 1.807) is 31.0 Å².